The molecule has 1 N–H and O–H groups in total. The number of allylic oxidation sites excluding steroid dienone is 1. The van der Waals surface area contributed by atoms with E-state index >= 15 is 0 Å². The molecule has 11 heteroatoms. The summed E-state index contributed by atoms with van der Waals surface area (Å²) in [7, 11) is 0. The van der Waals surface area contributed by atoms with E-state index in [4.69, 9.17) is 11.6 Å². The van der Waals surface area contributed by atoms with Crippen LogP contribution in [0.5, 0.6) is 0 Å². The van der Waals surface area contributed by atoms with Crippen LogP contribution in [-0.4, -0.2) is 40.7 Å². The molecule has 2 aromatic carbocycles. The summed E-state index contributed by atoms with van der Waals surface area (Å²) < 4.78 is 27.4. The van der Waals surface area contributed by atoms with E-state index < -0.39 is 48.7 Å². The number of halogens is 3. The van der Waals surface area contributed by atoms with Gasteiger partial charge in [-0.3, -0.25) is 24.2 Å². The molecule has 1 saturated carbocycles. The average Bonchev–Trinajstić information content (AvgIpc) is 3.62. The van der Waals surface area contributed by atoms with Crippen molar-refractivity contribution in [1.82, 2.24) is 10.3 Å². The third-order valence-corrected chi connectivity index (χ3v) is 8.40. The number of hydrogen-bond donors (Lipinski definition) is 1. The minimum atomic E-state index is -2.87. The van der Waals surface area contributed by atoms with Crippen molar-refractivity contribution in [3.05, 3.63) is 94.1 Å². The van der Waals surface area contributed by atoms with E-state index in [-0.39, 0.29) is 35.2 Å². The van der Waals surface area contributed by atoms with Gasteiger partial charge in [-0.2, -0.15) is 5.26 Å². The van der Waals surface area contributed by atoms with Crippen LogP contribution in [0, 0.1) is 11.3 Å². The summed E-state index contributed by atoms with van der Waals surface area (Å²) in [5.41, 5.74) is 2.67. The number of nitriles is 1. The predicted octanol–water partition coefficient (Wildman–Crippen LogP) is 5.36. The van der Waals surface area contributed by atoms with Crippen LogP contribution in [0.4, 0.5) is 20.3 Å². The fraction of sp³-hybridized carbons (Fsp3) is 0.281. The zero-order valence-corrected chi connectivity index (χ0v) is 23.6. The van der Waals surface area contributed by atoms with E-state index in [0.29, 0.717) is 17.7 Å². The zero-order valence-electron chi connectivity index (χ0n) is 22.8. The molecule has 2 atom stereocenters. The van der Waals surface area contributed by atoms with Gasteiger partial charge in [0.05, 0.1) is 17.3 Å². The van der Waals surface area contributed by atoms with E-state index in [1.54, 1.807) is 36.4 Å². The van der Waals surface area contributed by atoms with Crippen LogP contribution in [0.3, 0.4) is 0 Å². The summed E-state index contributed by atoms with van der Waals surface area (Å²) in [6, 6.07) is 13.8. The van der Waals surface area contributed by atoms with Crippen LogP contribution in [0.2, 0.25) is 5.02 Å². The third kappa shape index (κ3) is 5.37. The number of amides is 3. The summed E-state index contributed by atoms with van der Waals surface area (Å²) in [5.74, 6) is -4.30. The summed E-state index contributed by atoms with van der Waals surface area (Å²) in [6.07, 6.45) is 5.02. The van der Waals surface area contributed by atoms with Crippen LogP contribution in [-0.2, 0) is 20.8 Å². The number of aromatic nitrogens is 1. The maximum Gasteiger partial charge on any atom is 0.252 e. The van der Waals surface area contributed by atoms with Crippen molar-refractivity contribution < 1.29 is 23.2 Å². The number of hydrogen-bond acceptors (Lipinski definition) is 5. The largest absolute Gasteiger partial charge is 0.351 e. The van der Waals surface area contributed by atoms with E-state index in [0.717, 1.165) is 11.1 Å². The van der Waals surface area contributed by atoms with Gasteiger partial charge in [0.25, 0.3) is 11.8 Å². The van der Waals surface area contributed by atoms with Gasteiger partial charge in [-0.1, -0.05) is 54.1 Å². The molecule has 0 radical (unpaired) electrons. The number of anilines is 2. The second-order valence-corrected chi connectivity index (χ2v) is 11.3. The highest BCUT2D eigenvalue weighted by molar-refractivity contribution is 6.31. The number of nitrogens with one attached hydrogen (secondary N) is 1. The fourth-order valence-electron chi connectivity index (χ4n) is 5.99. The number of carbonyl (C=O) groups excluding carboxylic acids is 3. The Hall–Kier alpha value is -4.62. The molecule has 2 fully saturated rings. The summed E-state index contributed by atoms with van der Waals surface area (Å²) in [6.45, 7) is 0. The Morgan fingerprint density at radius 1 is 1.16 bits per heavy atom. The lowest BCUT2D eigenvalue weighted by Crippen LogP contribution is -2.56. The SMILES string of the molecule is N#Cc1ccnc(N2C(=O)CC[C@H]2C(=O)N(c2cccc3c2C=CC3)C(C(=O)NC2CC(F)(F)C2)c2ccccc2Cl)c1. The molecule has 218 valence electrons. The Morgan fingerprint density at radius 3 is 2.70 bits per heavy atom. The van der Waals surface area contributed by atoms with E-state index in [1.165, 1.54) is 28.1 Å². The van der Waals surface area contributed by atoms with Gasteiger partial charge in [-0.15, -0.1) is 0 Å². The summed E-state index contributed by atoms with van der Waals surface area (Å²) in [4.78, 5) is 48.9. The minimum absolute atomic E-state index is 0.0512. The van der Waals surface area contributed by atoms with Gasteiger partial charge < -0.3 is 5.32 Å². The molecule has 0 spiro atoms. The predicted molar refractivity (Wildman–Crippen MR) is 156 cm³/mol. The van der Waals surface area contributed by atoms with Crippen molar-refractivity contribution in [2.24, 2.45) is 0 Å². The highest BCUT2D eigenvalue weighted by atomic mass is 35.5. The zero-order chi connectivity index (χ0) is 30.3. The standard InChI is InChI=1S/C32H26ClF2N5O3/c33-24-9-2-1-7-23(24)29(30(42)38-21-16-32(34,35)17-21)40(25-10-4-6-20-5-3-8-22(20)25)31(43)26-11-12-28(41)39(26)27-15-19(18-36)13-14-37-27/h1-4,6-10,13-15,21,26,29H,5,11-12,16-17H2,(H,38,42)/t26-,29?/m0/s1. The van der Waals surface area contributed by atoms with E-state index in [9.17, 15) is 28.4 Å². The van der Waals surface area contributed by atoms with Crippen molar-refractivity contribution in [2.75, 3.05) is 9.80 Å². The van der Waals surface area contributed by atoms with Gasteiger partial charge in [0, 0.05) is 47.7 Å². The van der Waals surface area contributed by atoms with Gasteiger partial charge in [-0.25, -0.2) is 13.8 Å². The molecule has 1 aliphatic heterocycles. The van der Waals surface area contributed by atoms with Crippen LogP contribution >= 0.6 is 11.6 Å². The van der Waals surface area contributed by atoms with Crippen molar-refractivity contribution >= 4 is 46.9 Å². The quantitative estimate of drug-likeness (QED) is 0.392. The first kappa shape index (κ1) is 28.5. The lowest BCUT2D eigenvalue weighted by molar-refractivity contribution is -0.133. The van der Waals surface area contributed by atoms with Gasteiger partial charge in [0.15, 0.2) is 0 Å². The smallest absolute Gasteiger partial charge is 0.252 e. The van der Waals surface area contributed by atoms with E-state index in [2.05, 4.69) is 10.3 Å². The second kappa shape index (κ2) is 11.2. The number of fused-ring (bicyclic) bond motifs is 1. The molecule has 8 nitrogen and oxygen atoms in total. The Bertz CT molecular complexity index is 1700. The lowest BCUT2D eigenvalue weighted by atomic mass is 9.87. The number of pyridine rings is 1. The van der Waals surface area contributed by atoms with Gasteiger partial charge >= 0.3 is 0 Å². The van der Waals surface area contributed by atoms with Crippen molar-refractivity contribution in [1.29, 1.82) is 5.26 Å². The first-order chi connectivity index (χ1) is 20.7. The molecular formula is C32H26ClF2N5O3. The van der Waals surface area contributed by atoms with Crippen LogP contribution in [0.15, 0.2) is 66.9 Å². The average molecular weight is 602 g/mol. The monoisotopic (exact) mass is 601 g/mol. The molecule has 3 amide bonds. The van der Waals surface area contributed by atoms with Gasteiger partial charge in [0.1, 0.15) is 17.9 Å². The fourth-order valence-corrected chi connectivity index (χ4v) is 6.23. The molecule has 3 aromatic rings. The Morgan fingerprint density at radius 2 is 1.95 bits per heavy atom. The number of nitrogens with zero attached hydrogens (tertiary/aromatic N) is 4. The molecule has 0 bridgehead atoms. The molecule has 2 aliphatic carbocycles. The summed E-state index contributed by atoms with van der Waals surface area (Å²) in [5, 5.41) is 12.3. The number of alkyl halides is 2. The normalized spacial score (nSPS) is 19.3. The van der Waals surface area contributed by atoms with Crippen LogP contribution in [0.25, 0.3) is 6.08 Å². The highest BCUT2D eigenvalue weighted by Crippen LogP contribution is 2.41. The first-order valence-corrected chi connectivity index (χ1v) is 14.3. The number of rotatable bonds is 7. The Labute approximate surface area is 251 Å². The highest BCUT2D eigenvalue weighted by Gasteiger charge is 2.49. The van der Waals surface area contributed by atoms with Crippen molar-refractivity contribution in [3.63, 3.8) is 0 Å². The van der Waals surface area contributed by atoms with Gasteiger partial charge in [-0.05, 0) is 42.7 Å². The Kier molecular flexibility index (Phi) is 7.44. The van der Waals surface area contributed by atoms with Crippen LogP contribution in [0.1, 0.15) is 54.0 Å². The molecule has 3 aliphatic rings. The second-order valence-electron chi connectivity index (χ2n) is 10.9. The first-order valence-electron chi connectivity index (χ1n) is 13.9. The molecule has 1 unspecified atom stereocenters. The van der Waals surface area contributed by atoms with Crippen LogP contribution < -0.4 is 15.1 Å². The van der Waals surface area contributed by atoms with Crippen molar-refractivity contribution in [3.8, 4) is 6.07 Å². The lowest BCUT2D eigenvalue weighted by Gasteiger charge is -2.39. The third-order valence-electron chi connectivity index (χ3n) is 8.05. The summed E-state index contributed by atoms with van der Waals surface area (Å²) >= 11 is 6.63. The maximum absolute atomic E-state index is 14.8. The molecule has 1 aromatic heterocycles. The van der Waals surface area contributed by atoms with E-state index in [1.807, 2.05) is 24.3 Å². The number of benzene rings is 2. The maximum atomic E-state index is 14.8. The number of carbonyl (C=O) groups is 3. The minimum Gasteiger partial charge on any atom is -0.351 e. The molecular weight excluding hydrogens is 576 g/mol. The molecule has 6 rings (SSSR count). The Balaban J connectivity index is 1.48. The van der Waals surface area contributed by atoms with Crippen molar-refractivity contribution in [2.45, 2.75) is 56.2 Å². The molecule has 2 heterocycles. The topological polar surface area (TPSA) is 106 Å². The van der Waals surface area contributed by atoms with Gasteiger partial charge in [0.2, 0.25) is 11.8 Å². The molecule has 43 heavy (non-hydrogen) atoms. The molecule has 1 saturated heterocycles.